The van der Waals surface area contributed by atoms with Crippen molar-refractivity contribution >= 4 is 71.8 Å². The van der Waals surface area contributed by atoms with E-state index in [1.807, 2.05) is 0 Å². The molecule has 0 heterocycles. The molecule has 0 aromatic rings. The van der Waals surface area contributed by atoms with Gasteiger partial charge in [0.15, 0.2) is 0 Å². The summed E-state index contributed by atoms with van der Waals surface area (Å²) in [6.07, 6.45) is 13.7. The Balaban J connectivity index is 0. The summed E-state index contributed by atoms with van der Waals surface area (Å²) in [4.78, 5) is 0. The third-order valence-corrected chi connectivity index (χ3v) is 4.50. The fourth-order valence-electron chi connectivity index (χ4n) is 0.750. The summed E-state index contributed by atoms with van der Waals surface area (Å²) in [5, 5.41) is 0. The first-order chi connectivity index (χ1) is 3.71. The van der Waals surface area contributed by atoms with Gasteiger partial charge in [0.2, 0.25) is 0 Å². The Morgan fingerprint density at radius 2 is 0.900 bits per heavy atom. The third kappa shape index (κ3) is 12.9. The fourth-order valence-corrected chi connectivity index (χ4v) is 6.75. The molecule has 0 saturated carbocycles. The second-order valence-corrected chi connectivity index (χ2v) is 11.8. The van der Waals surface area contributed by atoms with Gasteiger partial charge in [-0.3, -0.25) is 0 Å². The molecular weight excluding hydrogens is 189 g/mol. The van der Waals surface area contributed by atoms with Crippen LogP contribution in [0.15, 0.2) is 0 Å². The molecule has 1 N–H and O–H groups in total. The van der Waals surface area contributed by atoms with Crippen LogP contribution in [0.25, 0.3) is 0 Å². The van der Waals surface area contributed by atoms with E-state index in [0.29, 0.717) is 0 Å². The van der Waals surface area contributed by atoms with Crippen LogP contribution < -0.4 is 4.13 Å². The monoisotopic (exact) mass is 208 g/mol. The maximum atomic E-state index is 3.62. The molecule has 0 unspecified atom stereocenters. The van der Waals surface area contributed by atoms with Crippen LogP contribution >= 0.6 is 20.4 Å². The minimum atomic E-state index is -0.495. The molecule has 1 radical (unpaired) electrons. The van der Waals surface area contributed by atoms with E-state index < -0.39 is 20.4 Å². The van der Waals surface area contributed by atoms with Crippen LogP contribution in [0.2, 0.25) is 0 Å². The van der Waals surface area contributed by atoms with Gasteiger partial charge < -0.3 is 0 Å². The molecule has 0 rings (SSSR count). The first-order valence-electron chi connectivity index (χ1n) is 2.86. The van der Waals surface area contributed by atoms with Gasteiger partial charge in [-0.1, -0.05) is 0 Å². The summed E-state index contributed by atoms with van der Waals surface area (Å²) < 4.78 is 3.62. The van der Waals surface area contributed by atoms with E-state index in [9.17, 15) is 0 Å². The fraction of sp³-hybridized carbons (Fsp3) is 1.00. The summed E-state index contributed by atoms with van der Waals surface area (Å²) in [5.41, 5.74) is 0. The zero-order valence-corrected chi connectivity index (χ0v) is 13.1. The SMILES string of the molecule is CS(C)(C)NS(C)(C)C.[K]. The Bertz CT molecular complexity index is 80.9. The van der Waals surface area contributed by atoms with Crippen LogP contribution in [0.1, 0.15) is 0 Å². The number of rotatable bonds is 2. The van der Waals surface area contributed by atoms with Gasteiger partial charge in [-0.05, 0) is 37.5 Å². The molecule has 1 nitrogen and oxygen atoms in total. The predicted octanol–water partition coefficient (Wildman–Crippen LogP) is 1.41. The van der Waals surface area contributed by atoms with Gasteiger partial charge in [-0.2, -0.15) is 20.4 Å². The van der Waals surface area contributed by atoms with Crippen molar-refractivity contribution < 1.29 is 0 Å². The zero-order chi connectivity index (χ0) is 7.71. The van der Waals surface area contributed by atoms with Crippen molar-refractivity contribution in [3.05, 3.63) is 0 Å². The Hall–Kier alpha value is 2.30. The summed E-state index contributed by atoms with van der Waals surface area (Å²) >= 11 is 0. The largest absolute Gasteiger partial charge is 0.245 e. The quantitative estimate of drug-likeness (QED) is 0.677. The number of hydrogen-bond donors (Lipinski definition) is 1. The maximum absolute atomic E-state index is 3.62. The van der Waals surface area contributed by atoms with Crippen molar-refractivity contribution in [1.82, 2.24) is 4.13 Å². The van der Waals surface area contributed by atoms with Crippen molar-refractivity contribution in [3.8, 4) is 0 Å². The smallest absolute Gasteiger partial charge is 0 e. The predicted molar refractivity (Wildman–Crippen MR) is 59.6 cm³/mol. The summed E-state index contributed by atoms with van der Waals surface area (Å²) in [7, 11) is -0.990. The van der Waals surface area contributed by atoms with Crippen LogP contribution in [0.4, 0.5) is 0 Å². The van der Waals surface area contributed by atoms with Gasteiger partial charge in [0.05, 0.1) is 0 Å². The zero-order valence-electron chi connectivity index (χ0n) is 8.32. The van der Waals surface area contributed by atoms with E-state index in [4.69, 9.17) is 0 Å². The molecule has 0 bridgehead atoms. The normalized spacial score (nSPS) is 15.8. The molecule has 0 spiro atoms. The van der Waals surface area contributed by atoms with Gasteiger partial charge in [0.1, 0.15) is 0 Å². The second kappa shape index (κ2) is 5.12. The third-order valence-electron chi connectivity index (χ3n) is 0.500. The average Bonchev–Trinajstić information content (AvgIpc) is 1.14. The van der Waals surface area contributed by atoms with E-state index in [1.165, 1.54) is 0 Å². The Morgan fingerprint density at radius 1 is 0.700 bits per heavy atom. The van der Waals surface area contributed by atoms with Gasteiger partial charge >= 0.3 is 0 Å². The summed E-state index contributed by atoms with van der Waals surface area (Å²) in [6.45, 7) is 0. The van der Waals surface area contributed by atoms with E-state index in [-0.39, 0.29) is 51.4 Å². The molecule has 0 atom stereocenters. The van der Waals surface area contributed by atoms with Crippen molar-refractivity contribution in [2.75, 3.05) is 37.5 Å². The maximum Gasteiger partial charge on any atom is 0 e. The minimum Gasteiger partial charge on any atom is -0.245 e. The van der Waals surface area contributed by atoms with E-state index in [0.717, 1.165) is 0 Å². The number of nitrogens with one attached hydrogen (secondary N) is 1. The van der Waals surface area contributed by atoms with Crippen molar-refractivity contribution in [2.45, 2.75) is 0 Å². The molecule has 0 aliphatic carbocycles. The minimum absolute atomic E-state index is 0. The van der Waals surface area contributed by atoms with Crippen molar-refractivity contribution in [1.29, 1.82) is 0 Å². The molecule has 0 aliphatic rings. The molecule has 0 aromatic heterocycles. The molecule has 0 aromatic carbocycles. The molecule has 0 aliphatic heterocycles. The average molecular weight is 208 g/mol. The Kier molecular flexibility index (Phi) is 7.58. The van der Waals surface area contributed by atoms with E-state index >= 15 is 0 Å². The molecule has 0 saturated heterocycles. The topological polar surface area (TPSA) is 12.0 Å². The second-order valence-electron chi connectivity index (χ2n) is 3.76. The standard InChI is InChI=1S/C6H19NS2.K/c1-8(2,3)7-9(4,5)6;/h7H,1-6H3;. The Morgan fingerprint density at radius 3 is 0.900 bits per heavy atom. The Labute approximate surface area is 111 Å². The van der Waals surface area contributed by atoms with Crippen LogP contribution in [0.3, 0.4) is 0 Å². The van der Waals surface area contributed by atoms with Gasteiger partial charge in [-0.15, -0.1) is 0 Å². The van der Waals surface area contributed by atoms with Crippen molar-refractivity contribution in [3.63, 3.8) is 0 Å². The van der Waals surface area contributed by atoms with Gasteiger partial charge in [0.25, 0.3) is 0 Å². The van der Waals surface area contributed by atoms with Crippen molar-refractivity contribution in [2.24, 2.45) is 0 Å². The first kappa shape index (κ1) is 14.8. The summed E-state index contributed by atoms with van der Waals surface area (Å²) in [6, 6.07) is 0. The van der Waals surface area contributed by atoms with Crippen LogP contribution in [-0.4, -0.2) is 88.9 Å². The molecule has 61 valence electrons. The number of hydrogen-bond acceptors (Lipinski definition) is 1. The molecule has 10 heavy (non-hydrogen) atoms. The molecular formula is C6H19KNS2. The summed E-state index contributed by atoms with van der Waals surface area (Å²) in [5.74, 6) is 0. The van der Waals surface area contributed by atoms with E-state index in [1.54, 1.807) is 0 Å². The molecule has 4 heteroatoms. The first-order valence-corrected chi connectivity index (χ1v) is 8.57. The molecule has 0 amide bonds. The van der Waals surface area contributed by atoms with Gasteiger partial charge in [0, 0.05) is 51.4 Å². The van der Waals surface area contributed by atoms with Crippen LogP contribution in [0.5, 0.6) is 0 Å². The van der Waals surface area contributed by atoms with Crippen LogP contribution in [0, 0.1) is 0 Å². The van der Waals surface area contributed by atoms with E-state index in [2.05, 4.69) is 41.7 Å². The van der Waals surface area contributed by atoms with Gasteiger partial charge in [-0.25, -0.2) is 4.13 Å². The van der Waals surface area contributed by atoms with Crippen LogP contribution in [-0.2, 0) is 0 Å². The molecule has 0 fully saturated rings.